The summed E-state index contributed by atoms with van der Waals surface area (Å²) >= 11 is 6.23. The number of hydrogen-bond acceptors (Lipinski definition) is 4. The Bertz CT molecular complexity index is 1610. The Morgan fingerprint density at radius 2 is 1.64 bits per heavy atom. The molecular formula is C35H34ClF3N2O3. The molecule has 1 heterocycles. The van der Waals surface area contributed by atoms with Gasteiger partial charge < -0.3 is 19.3 Å². The van der Waals surface area contributed by atoms with E-state index < -0.39 is 17.8 Å². The number of amides is 1. The maximum absolute atomic E-state index is 13.8. The first kappa shape index (κ1) is 31.3. The molecule has 5 rings (SSSR count). The van der Waals surface area contributed by atoms with Crippen LogP contribution in [0.4, 0.5) is 24.5 Å². The molecule has 2 atom stereocenters. The summed E-state index contributed by atoms with van der Waals surface area (Å²) in [5.41, 5.74) is 4.35. The Balaban J connectivity index is 1.48. The topological polar surface area (TPSA) is 42.0 Å². The molecule has 0 saturated heterocycles. The lowest BCUT2D eigenvalue weighted by molar-refractivity contribution is -0.137. The first-order valence-electron chi connectivity index (χ1n) is 14.4. The third kappa shape index (κ3) is 6.65. The van der Waals surface area contributed by atoms with Crippen molar-refractivity contribution in [3.8, 4) is 11.5 Å². The fourth-order valence-electron chi connectivity index (χ4n) is 5.41. The van der Waals surface area contributed by atoms with Gasteiger partial charge in [-0.15, -0.1) is 0 Å². The summed E-state index contributed by atoms with van der Waals surface area (Å²) in [5.74, 6) is 1.13. The van der Waals surface area contributed by atoms with E-state index in [1.165, 1.54) is 12.1 Å². The molecule has 44 heavy (non-hydrogen) atoms. The molecule has 0 spiro atoms. The Kier molecular flexibility index (Phi) is 9.11. The molecule has 4 aromatic carbocycles. The maximum atomic E-state index is 13.8. The second kappa shape index (κ2) is 12.8. The maximum Gasteiger partial charge on any atom is 0.416 e. The predicted molar refractivity (Wildman–Crippen MR) is 168 cm³/mol. The predicted octanol–water partition coefficient (Wildman–Crippen LogP) is 8.86. The molecule has 5 nitrogen and oxygen atoms in total. The Morgan fingerprint density at radius 3 is 2.23 bits per heavy atom. The van der Waals surface area contributed by atoms with Gasteiger partial charge in [0.25, 0.3) is 0 Å². The van der Waals surface area contributed by atoms with Gasteiger partial charge in [0.1, 0.15) is 0 Å². The fraction of sp³-hybridized carbons (Fsp3) is 0.286. The van der Waals surface area contributed by atoms with Crippen LogP contribution in [0.3, 0.4) is 0 Å². The van der Waals surface area contributed by atoms with Gasteiger partial charge in [-0.3, -0.25) is 4.79 Å². The molecule has 1 aliphatic rings. The molecule has 0 aliphatic carbocycles. The highest BCUT2D eigenvalue weighted by atomic mass is 35.5. The SMILES string of the molecule is CC[C@@H](C)Oc1cc2c(cc1OC)CC(=O)N(c1ccc(N(C)Cc3ccc(C(F)(F)F)cc3)cc1)C2c1ccc(Cl)cc1. The highest BCUT2D eigenvalue weighted by molar-refractivity contribution is 6.30. The summed E-state index contributed by atoms with van der Waals surface area (Å²) < 4.78 is 50.8. The quantitative estimate of drug-likeness (QED) is 0.187. The van der Waals surface area contributed by atoms with Gasteiger partial charge in [0, 0.05) is 30.0 Å². The van der Waals surface area contributed by atoms with Crippen molar-refractivity contribution < 1.29 is 27.4 Å². The van der Waals surface area contributed by atoms with Crippen molar-refractivity contribution in [1.82, 2.24) is 0 Å². The van der Waals surface area contributed by atoms with E-state index in [0.717, 1.165) is 46.5 Å². The molecule has 230 valence electrons. The van der Waals surface area contributed by atoms with Crippen molar-refractivity contribution in [2.75, 3.05) is 24.0 Å². The molecule has 0 bridgehead atoms. The van der Waals surface area contributed by atoms with Crippen LogP contribution in [0.15, 0.2) is 84.9 Å². The normalized spacial score (nSPS) is 15.5. The van der Waals surface area contributed by atoms with Gasteiger partial charge in [0.2, 0.25) is 5.91 Å². The Morgan fingerprint density at radius 1 is 0.977 bits per heavy atom. The zero-order valence-corrected chi connectivity index (χ0v) is 25.7. The third-order valence-corrected chi connectivity index (χ3v) is 8.20. The van der Waals surface area contributed by atoms with Crippen molar-refractivity contribution >= 4 is 28.9 Å². The summed E-state index contributed by atoms with van der Waals surface area (Å²) in [5, 5.41) is 0.596. The van der Waals surface area contributed by atoms with Crippen molar-refractivity contribution in [2.45, 2.75) is 51.6 Å². The van der Waals surface area contributed by atoms with E-state index in [9.17, 15) is 18.0 Å². The molecule has 0 aromatic heterocycles. The van der Waals surface area contributed by atoms with Gasteiger partial charge in [-0.05, 0) is 96.3 Å². The van der Waals surface area contributed by atoms with Gasteiger partial charge in [-0.25, -0.2) is 0 Å². The summed E-state index contributed by atoms with van der Waals surface area (Å²) in [4.78, 5) is 17.6. The van der Waals surface area contributed by atoms with Gasteiger partial charge in [-0.1, -0.05) is 42.8 Å². The number of benzene rings is 4. The van der Waals surface area contributed by atoms with Crippen molar-refractivity contribution in [2.24, 2.45) is 0 Å². The number of carbonyl (C=O) groups is 1. The number of nitrogens with zero attached hydrogens (tertiary/aromatic N) is 2. The summed E-state index contributed by atoms with van der Waals surface area (Å²) in [6.07, 6.45) is -3.38. The van der Waals surface area contributed by atoms with Crippen molar-refractivity contribution in [1.29, 1.82) is 0 Å². The number of rotatable bonds is 9. The zero-order chi connectivity index (χ0) is 31.6. The van der Waals surface area contributed by atoms with Gasteiger partial charge in [0.15, 0.2) is 11.5 Å². The van der Waals surface area contributed by atoms with Crippen molar-refractivity contribution in [3.63, 3.8) is 0 Å². The lowest BCUT2D eigenvalue weighted by atomic mass is 9.86. The van der Waals surface area contributed by atoms with Crippen LogP contribution in [0.25, 0.3) is 0 Å². The standard InChI is InChI=1S/C35H34ClF3N2O3/c1-5-22(2)44-32-20-30-25(18-31(32)43-4)19-33(42)41(34(30)24-8-12-27(36)13-9-24)29-16-14-28(15-17-29)40(3)21-23-6-10-26(11-7-23)35(37,38)39/h6-18,20,22,34H,5,19,21H2,1-4H3/t22-,34?/m1/s1. The summed E-state index contributed by atoms with van der Waals surface area (Å²) in [6, 6.07) is 23.7. The van der Waals surface area contributed by atoms with Gasteiger partial charge >= 0.3 is 6.18 Å². The second-order valence-electron chi connectivity index (χ2n) is 11.0. The van der Waals surface area contributed by atoms with Gasteiger partial charge in [0.05, 0.1) is 31.2 Å². The molecule has 1 aliphatic heterocycles. The van der Waals surface area contributed by atoms with E-state index in [1.54, 1.807) is 12.0 Å². The third-order valence-electron chi connectivity index (χ3n) is 7.95. The Hall–Kier alpha value is -4.17. The minimum atomic E-state index is -4.37. The monoisotopic (exact) mass is 622 g/mol. The molecule has 9 heteroatoms. The number of ether oxygens (including phenoxy) is 2. The minimum Gasteiger partial charge on any atom is -0.493 e. The van der Waals surface area contributed by atoms with Crippen LogP contribution in [0.5, 0.6) is 11.5 Å². The Labute approximate surface area is 260 Å². The van der Waals surface area contributed by atoms with Crippen LogP contribution in [0.1, 0.15) is 54.1 Å². The molecule has 4 aromatic rings. The number of anilines is 2. The average molecular weight is 623 g/mol. The highest BCUT2D eigenvalue weighted by Gasteiger charge is 2.36. The first-order chi connectivity index (χ1) is 21.0. The number of hydrogen-bond donors (Lipinski definition) is 0. The van der Waals surface area contributed by atoms with Crippen LogP contribution >= 0.6 is 11.6 Å². The number of alkyl halides is 3. The number of methoxy groups -OCH3 is 1. The molecule has 0 fully saturated rings. The zero-order valence-electron chi connectivity index (χ0n) is 25.0. The van der Waals surface area contributed by atoms with Crippen molar-refractivity contribution in [3.05, 3.63) is 118 Å². The lowest BCUT2D eigenvalue weighted by Gasteiger charge is -2.38. The molecule has 1 amide bonds. The molecule has 0 radical (unpaired) electrons. The van der Waals surface area contributed by atoms with E-state index in [4.69, 9.17) is 21.1 Å². The van der Waals surface area contributed by atoms with Crippen LogP contribution in [0, 0.1) is 0 Å². The van der Waals surface area contributed by atoms with E-state index in [0.29, 0.717) is 28.8 Å². The van der Waals surface area contributed by atoms with E-state index >= 15 is 0 Å². The lowest BCUT2D eigenvalue weighted by Crippen LogP contribution is -2.41. The number of halogens is 4. The van der Waals surface area contributed by atoms with Crippen LogP contribution < -0.4 is 19.3 Å². The highest BCUT2D eigenvalue weighted by Crippen LogP contribution is 2.44. The number of carbonyl (C=O) groups excluding carboxylic acids is 1. The molecule has 1 unspecified atom stereocenters. The summed E-state index contributed by atoms with van der Waals surface area (Å²) in [6.45, 7) is 4.47. The molecular weight excluding hydrogens is 589 g/mol. The molecule has 0 saturated carbocycles. The average Bonchev–Trinajstić information content (AvgIpc) is 3.00. The van der Waals surface area contributed by atoms with Gasteiger partial charge in [-0.2, -0.15) is 13.2 Å². The second-order valence-corrected chi connectivity index (χ2v) is 11.4. The number of fused-ring (bicyclic) bond motifs is 1. The van der Waals surface area contributed by atoms with E-state index in [2.05, 4.69) is 6.92 Å². The summed E-state index contributed by atoms with van der Waals surface area (Å²) in [7, 11) is 3.46. The van der Waals surface area contributed by atoms with Crippen LogP contribution in [0.2, 0.25) is 5.02 Å². The smallest absolute Gasteiger partial charge is 0.416 e. The van der Waals surface area contributed by atoms with E-state index in [-0.39, 0.29) is 18.4 Å². The first-order valence-corrected chi connectivity index (χ1v) is 14.8. The van der Waals surface area contributed by atoms with Crippen LogP contribution in [-0.2, 0) is 23.9 Å². The van der Waals surface area contributed by atoms with Crippen LogP contribution in [-0.4, -0.2) is 26.2 Å². The largest absolute Gasteiger partial charge is 0.493 e. The van der Waals surface area contributed by atoms with E-state index in [1.807, 2.05) is 79.5 Å². The molecule has 0 N–H and O–H groups in total. The fourth-order valence-corrected chi connectivity index (χ4v) is 5.53. The minimum absolute atomic E-state index is 0.0237.